The lowest BCUT2D eigenvalue weighted by atomic mass is 10.1. The van der Waals surface area contributed by atoms with Gasteiger partial charge in [0.1, 0.15) is 5.69 Å². The van der Waals surface area contributed by atoms with Crippen LogP contribution >= 0.6 is 15.9 Å². The number of nitro groups is 1. The molecule has 0 aliphatic rings. The molecule has 0 saturated heterocycles. The van der Waals surface area contributed by atoms with E-state index < -0.39 is 4.92 Å². The van der Waals surface area contributed by atoms with Crippen LogP contribution in [-0.2, 0) is 6.54 Å². The molecule has 0 aromatic heterocycles. The Hall–Kier alpha value is -2.39. The first-order valence-corrected chi connectivity index (χ1v) is 6.94. The number of anilines is 1. The SMILES string of the molecule is CN(Cc1cccc(C#N)c1)c1ccc(Br)cc1[N+](=O)[O-]. The van der Waals surface area contributed by atoms with Crippen LogP contribution in [0, 0.1) is 21.4 Å². The summed E-state index contributed by atoms with van der Waals surface area (Å²) in [5.74, 6) is 0. The summed E-state index contributed by atoms with van der Waals surface area (Å²) in [6.07, 6.45) is 0. The first-order chi connectivity index (χ1) is 10.0. The highest BCUT2D eigenvalue weighted by Crippen LogP contribution is 2.31. The number of rotatable bonds is 4. The Balaban J connectivity index is 2.30. The Morgan fingerprint density at radius 2 is 2.10 bits per heavy atom. The highest BCUT2D eigenvalue weighted by Gasteiger charge is 2.17. The molecule has 0 heterocycles. The molecule has 0 aliphatic carbocycles. The second-order valence-electron chi connectivity index (χ2n) is 4.56. The standard InChI is InChI=1S/C15H12BrN3O2/c1-18(10-12-4-2-3-11(7-12)9-17)14-6-5-13(16)8-15(14)19(20)21/h2-8H,10H2,1H3. The molecule has 2 aromatic carbocycles. The molecule has 0 N–H and O–H groups in total. The van der Waals surface area contributed by atoms with Crippen molar-refractivity contribution in [1.29, 1.82) is 5.26 Å². The minimum Gasteiger partial charge on any atom is -0.365 e. The molecule has 0 aliphatic heterocycles. The van der Waals surface area contributed by atoms with E-state index in [2.05, 4.69) is 22.0 Å². The maximum atomic E-state index is 11.1. The monoisotopic (exact) mass is 345 g/mol. The van der Waals surface area contributed by atoms with Crippen LogP contribution in [0.25, 0.3) is 0 Å². The summed E-state index contributed by atoms with van der Waals surface area (Å²) in [4.78, 5) is 12.5. The van der Waals surface area contributed by atoms with Gasteiger partial charge in [0.15, 0.2) is 0 Å². The van der Waals surface area contributed by atoms with Crippen molar-refractivity contribution in [2.75, 3.05) is 11.9 Å². The summed E-state index contributed by atoms with van der Waals surface area (Å²) in [6, 6.07) is 14.2. The molecule has 0 bridgehead atoms. The summed E-state index contributed by atoms with van der Waals surface area (Å²) in [5, 5.41) is 20.0. The second kappa shape index (κ2) is 6.37. The van der Waals surface area contributed by atoms with Crippen molar-refractivity contribution < 1.29 is 4.92 Å². The zero-order valence-electron chi connectivity index (χ0n) is 11.3. The Labute approximate surface area is 130 Å². The van der Waals surface area contributed by atoms with Crippen LogP contribution in [0.3, 0.4) is 0 Å². The number of nitriles is 1. The maximum Gasteiger partial charge on any atom is 0.293 e. The molecule has 2 rings (SSSR count). The number of nitro benzene ring substituents is 1. The van der Waals surface area contributed by atoms with E-state index in [4.69, 9.17) is 5.26 Å². The average Bonchev–Trinajstić information content (AvgIpc) is 2.47. The highest BCUT2D eigenvalue weighted by molar-refractivity contribution is 9.10. The summed E-state index contributed by atoms with van der Waals surface area (Å²) in [5.41, 5.74) is 2.08. The maximum absolute atomic E-state index is 11.1. The molecule has 5 nitrogen and oxygen atoms in total. The van der Waals surface area contributed by atoms with Gasteiger partial charge in [-0.25, -0.2) is 0 Å². The number of benzene rings is 2. The van der Waals surface area contributed by atoms with Crippen LogP contribution in [0.4, 0.5) is 11.4 Å². The molecular weight excluding hydrogens is 334 g/mol. The van der Waals surface area contributed by atoms with Crippen molar-refractivity contribution in [2.24, 2.45) is 0 Å². The van der Waals surface area contributed by atoms with Gasteiger partial charge in [-0.1, -0.05) is 28.1 Å². The van der Waals surface area contributed by atoms with Crippen molar-refractivity contribution in [3.63, 3.8) is 0 Å². The lowest BCUT2D eigenvalue weighted by Gasteiger charge is -2.19. The van der Waals surface area contributed by atoms with Crippen molar-refractivity contribution in [1.82, 2.24) is 0 Å². The predicted molar refractivity (Wildman–Crippen MR) is 84.1 cm³/mol. The Bertz CT molecular complexity index is 725. The Kier molecular flexibility index (Phi) is 4.55. The zero-order valence-corrected chi connectivity index (χ0v) is 12.9. The first-order valence-electron chi connectivity index (χ1n) is 6.15. The van der Waals surface area contributed by atoms with E-state index in [0.29, 0.717) is 22.3 Å². The van der Waals surface area contributed by atoms with Crippen molar-refractivity contribution in [3.8, 4) is 6.07 Å². The molecule has 2 aromatic rings. The van der Waals surface area contributed by atoms with Crippen molar-refractivity contribution in [3.05, 3.63) is 68.2 Å². The largest absolute Gasteiger partial charge is 0.365 e. The zero-order chi connectivity index (χ0) is 15.4. The quantitative estimate of drug-likeness (QED) is 0.623. The van der Waals surface area contributed by atoms with Gasteiger partial charge in [0, 0.05) is 24.1 Å². The Morgan fingerprint density at radius 1 is 1.33 bits per heavy atom. The normalized spacial score (nSPS) is 9.95. The second-order valence-corrected chi connectivity index (χ2v) is 5.47. The third-order valence-electron chi connectivity index (χ3n) is 3.02. The van der Waals surface area contributed by atoms with Gasteiger partial charge in [0.25, 0.3) is 5.69 Å². The fraction of sp³-hybridized carbons (Fsp3) is 0.133. The molecule has 0 unspecified atom stereocenters. The number of nitrogens with zero attached hydrogens (tertiary/aromatic N) is 3. The minimum absolute atomic E-state index is 0.0447. The third-order valence-corrected chi connectivity index (χ3v) is 3.51. The van der Waals surface area contributed by atoms with Gasteiger partial charge >= 0.3 is 0 Å². The molecule has 0 atom stereocenters. The summed E-state index contributed by atoms with van der Waals surface area (Å²) < 4.78 is 0.665. The van der Waals surface area contributed by atoms with Gasteiger partial charge in [0.2, 0.25) is 0 Å². The van der Waals surface area contributed by atoms with E-state index >= 15 is 0 Å². The topological polar surface area (TPSA) is 70.2 Å². The fourth-order valence-electron chi connectivity index (χ4n) is 2.06. The molecule has 0 radical (unpaired) electrons. The molecule has 0 fully saturated rings. The molecular formula is C15H12BrN3O2. The molecule has 106 valence electrons. The summed E-state index contributed by atoms with van der Waals surface area (Å²) >= 11 is 3.24. The van der Waals surface area contributed by atoms with E-state index in [1.807, 2.05) is 6.07 Å². The van der Waals surface area contributed by atoms with Gasteiger partial charge in [-0.3, -0.25) is 10.1 Å². The number of halogens is 1. The minimum atomic E-state index is -0.401. The van der Waals surface area contributed by atoms with Crippen LogP contribution in [0.2, 0.25) is 0 Å². The van der Waals surface area contributed by atoms with Crippen LogP contribution in [0.1, 0.15) is 11.1 Å². The molecule has 0 saturated carbocycles. The van der Waals surface area contributed by atoms with E-state index in [0.717, 1.165) is 5.56 Å². The van der Waals surface area contributed by atoms with Crippen LogP contribution in [0.15, 0.2) is 46.9 Å². The van der Waals surface area contributed by atoms with E-state index in [1.54, 1.807) is 42.3 Å². The average molecular weight is 346 g/mol. The number of hydrogen-bond donors (Lipinski definition) is 0. The van der Waals surface area contributed by atoms with Gasteiger partial charge in [-0.15, -0.1) is 0 Å². The van der Waals surface area contributed by atoms with Gasteiger partial charge in [-0.2, -0.15) is 5.26 Å². The fourth-order valence-corrected chi connectivity index (χ4v) is 2.41. The van der Waals surface area contributed by atoms with Crippen molar-refractivity contribution in [2.45, 2.75) is 6.54 Å². The van der Waals surface area contributed by atoms with Crippen LogP contribution in [0.5, 0.6) is 0 Å². The van der Waals surface area contributed by atoms with Gasteiger partial charge < -0.3 is 4.90 Å². The summed E-state index contributed by atoms with van der Waals surface area (Å²) in [7, 11) is 1.79. The van der Waals surface area contributed by atoms with Gasteiger partial charge in [0.05, 0.1) is 16.6 Å². The lowest BCUT2D eigenvalue weighted by Crippen LogP contribution is -2.17. The summed E-state index contributed by atoms with van der Waals surface area (Å²) in [6.45, 7) is 0.484. The highest BCUT2D eigenvalue weighted by atomic mass is 79.9. The molecule has 0 spiro atoms. The smallest absolute Gasteiger partial charge is 0.293 e. The van der Waals surface area contributed by atoms with E-state index in [1.165, 1.54) is 6.07 Å². The van der Waals surface area contributed by atoms with Crippen LogP contribution in [-0.4, -0.2) is 12.0 Å². The third kappa shape index (κ3) is 3.58. The Morgan fingerprint density at radius 3 is 2.76 bits per heavy atom. The predicted octanol–water partition coefficient (Wildman–Crippen LogP) is 3.87. The van der Waals surface area contributed by atoms with Crippen molar-refractivity contribution >= 4 is 27.3 Å². The van der Waals surface area contributed by atoms with E-state index in [-0.39, 0.29) is 5.69 Å². The molecule has 6 heteroatoms. The van der Waals surface area contributed by atoms with Crippen LogP contribution < -0.4 is 4.90 Å². The first kappa shape index (κ1) is 15.0. The molecule has 21 heavy (non-hydrogen) atoms. The number of hydrogen-bond acceptors (Lipinski definition) is 4. The molecule has 0 amide bonds. The lowest BCUT2D eigenvalue weighted by molar-refractivity contribution is -0.384. The van der Waals surface area contributed by atoms with E-state index in [9.17, 15) is 10.1 Å². The van der Waals surface area contributed by atoms with Gasteiger partial charge in [-0.05, 0) is 29.8 Å².